The van der Waals surface area contributed by atoms with Crippen LogP contribution in [0.3, 0.4) is 0 Å². The molecular formula is C18H25NO4. The van der Waals surface area contributed by atoms with Gasteiger partial charge in [0.15, 0.2) is 0 Å². The first-order valence-corrected chi connectivity index (χ1v) is 7.88. The summed E-state index contributed by atoms with van der Waals surface area (Å²) >= 11 is 0. The molecule has 0 saturated heterocycles. The number of methoxy groups -OCH3 is 1. The number of ether oxygens (including phenoxy) is 2. The van der Waals surface area contributed by atoms with E-state index in [1.807, 2.05) is 42.5 Å². The van der Waals surface area contributed by atoms with Gasteiger partial charge in [0.05, 0.1) is 13.5 Å². The molecule has 0 atom stereocenters. The van der Waals surface area contributed by atoms with Crippen molar-refractivity contribution in [2.24, 2.45) is 0 Å². The van der Waals surface area contributed by atoms with Gasteiger partial charge in [-0.1, -0.05) is 48.9 Å². The third-order valence-corrected chi connectivity index (χ3v) is 3.21. The van der Waals surface area contributed by atoms with E-state index in [2.05, 4.69) is 10.1 Å². The zero-order valence-electron chi connectivity index (χ0n) is 13.6. The van der Waals surface area contributed by atoms with E-state index >= 15 is 0 Å². The molecule has 1 aromatic carbocycles. The van der Waals surface area contributed by atoms with Crippen molar-refractivity contribution in [3.05, 3.63) is 48.0 Å². The Bertz CT molecular complexity index is 485. The summed E-state index contributed by atoms with van der Waals surface area (Å²) in [5.74, 6) is -0.223. The molecule has 0 radical (unpaired) electrons. The highest BCUT2D eigenvalue weighted by molar-refractivity contribution is 5.70. The Hall–Kier alpha value is -2.30. The van der Waals surface area contributed by atoms with Crippen LogP contribution in [-0.4, -0.2) is 25.7 Å². The Morgan fingerprint density at radius 1 is 1.09 bits per heavy atom. The molecule has 0 heterocycles. The smallest absolute Gasteiger partial charge is 0.407 e. The number of allylic oxidation sites excluding steroid dienone is 1. The van der Waals surface area contributed by atoms with Crippen LogP contribution < -0.4 is 5.32 Å². The van der Waals surface area contributed by atoms with Crippen molar-refractivity contribution in [3.63, 3.8) is 0 Å². The number of carbonyl (C=O) groups is 2. The number of carbonyl (C=O) groups excluding carboxylic acids is 2. The first-order valence-electron chi connectivity index (χ1n) is 7.88. The standard InChI is InChI=1S/C18H25NO4/c1-22-17(20)13-9-4-2-3-5-10-14-19-18(21)23-15-16-11-7-6-8-12-16/h4,6-9,11-12H,2-3,5,10,13-15H2,1H3,(H,19,21). The Morgan fingerprint density at radius 2 is 1.87 bits per heavy atom. The lowest BCUT2D eigenvalue weighted by Crippen LogP contribution is -2.25. The Kier molecular flexibility index (Phi) is 10.00. The number of rotatable bonds is 10. The summed E-state index contributed by atoms with van der Waals surface area (Å²) in [5, 5.41) is 2.74. The first kappa shape index (κ1) is 18.7. The maximum atomic E-state index is 11.5. The number of benzene rings is 1. The number of hydrogen-bond acceptors (Lipinski definition) is 4. The van der Waals surface area contributed by atoms with E-state index < -0.39 is 0 Å². The van der Waals surface area contributed by atoms with Gasteiger partial charge < -0.3 is 14.8 Å². The summed E-state index contributed by atoms with van der Waals surface area (Å²) < 4.78 is 9.65. The van der Waals surface area contributed by atoms with Gasteiger partial charge in [0.25, 0.3) is 0 Å². The summed E-state index contributed by atoms with van der Waals surface area (Å²) in [4.78, 5) is 22.4. The average molecular weight is 319 g/mol. The third-order valence-electron chi connectivity index (χ3n) is 3.21. The van der Waals surface area contributed by atoms with Gasteiger partial charge in [-0.3, -0.25) is 4.79 Å². The number of amides is 1. The van der Waals surface area contributed by atoms with Crippen LogP contribution in [0.2, 0.25) is 0 Å². The summed E-state index contributed by atoms with van der Waals surface area (Å²) in [6.07, 6.45) is 7.63. The van der Waals surface area contributed by atoms with E-state index in [4.69, 9.17) is 4.74 Å². The van der Waals surface area contributed by atoms with E-state index in [-0.39, 0.29) is 18.7 Å². The highest BCUT2D eigenvalue weighted by Gasteiger charge is 2.01. The summed E-state index contributed by atoms with van der Waals surface area (Å²) in [7, 11) is 1.38. The van der Waals surface area contributed by atoms with Crippen molar-refractivity contribution >= 4 is 12.1 Å². The summed E-state index contributed by atoms with van der Waals surface area (Å²) in [6.45, 7) is 0.900. The molecule has 5 heteroatoms. The van der Waals surface area contributed by atoms with E-state index in [1.54, 1.807) is 0 Å². The minimum atomic E-state index is -0.383. The summed E-state index contributed by atoms with van der Waals surface area (Å²) in [6, 6.07) is 9.59. The van der Waals surface area contributed by atoms with Gasteiger partial charge in [0.2, 0.25) is 0 Å². The molecule has 0 saturated carbocycles. The van der Waals surface area contributed by atoms with Crippen molar-refractivity contribution in [2.45, 2.75) is 38.7 Å². The van der Waals surface area contributed by atoms with Gasteiger partial charge in [0, 0.05) is 6.54 Å². The second-order valence-electron chi connectivity index (χ2n) is 5.09. The van der Waals surface area contributed by atoms with Gasteiger partial charge in [-0.25, -0.2) is 4.79 Å². The van der Waals surface area contributed by atoms with E-state index in [0.717, 1.165) is 31.2 Å². The molecule has 5 nitrogen and oxygen atoms in total. The molecule has 0 fully saturated rings. The molecule has 0 unspecified atom stereocenters. The van der Waals surface area contributed by atoms with Crippen molar-refractivity contribution < 1.29 is 19.1 Å². The number of esters is 1. The Labute approximate surface area is 137 Å². The van der Waals surface area contributed by atoms with Crippen LogP contribution in [0, 0.1) is 0 Å². The molecule has 0 aliphatic heterocycles. The van der Waals surface area contributed by atoms with Crippen LogP contribution >= 0.6 is 0 Å². The fraction of sp³-hybridized carbons (Fsp3) is 0.444. The van der Waals surface area contributed by atoms with Gasteiger partial charge >= 0.3 is 12.1 Å². The molecule has 1 rings (SSSR count). The Balaban J connectivity index is 1.94. The number of alkyl carbamates (subject to hydrolysis) is 1. The van der Waals surface area contributed by atoms with Gasteiger partial charge in [-0.05, 0) is 24.8 Å². The fourth-order valence-corrected chi connectivity index (χ4v) is 1.91. The van der Waals surface area contributed by atoms with Gasteiger partial charge in [-0.15, -0.1) is 0 Å². The highest BCUT2D eigenvalue weighted by atomic mass is 16.5. The lowest BCUT2D eigenvalue weighted by atomic mass is 10.2. The lowest BCUT2D eigenvalue weighted by molar-refractivity contribution is -0.139. The lowest BCUT2D eigenvalue weighted by Gasteiger charge is -2.06. The molecule has 23 heavy (non-hydrogen) atoms. The minimum absolute atomic E-state index is 0.223. The normalized spacial score (nSPS) is 10.5. The number of hydrogen-bond donors (Lipinski definition) is 1. The maximum absolute atomic E-state index is 11.5. The maximum Gasteiger partial charge on any atom is 0.407 e. The van der Waals surface area contributed by atoms with Crippen molar-refractivity contribution in [3.8, 4) is 0 Å². The van der Waals surface area contributed by atoms with Crippen LogP contribution in [-0.2, 0) is 20.9 Å². The quantitative estimate of drug-likeness (QED) is 0.406. The van der Waals surface area contributed by atoms with Crippen LogP contribution in [0.15, 0.2) is 42.5 Å². The zero-order valence-corrected chi connectivity index (χ0v) is 13.6. The van der Waals surface area contributed by atoms with Crippen molar-refractivity contribution in [2.75, 3.05) is 13.7 Å². The topological polar surface area (TPSA) is 64.6 Å². The SMILES string of the molecule is COC(=O)CC=CCCCCCNC(=O)OCc1ccccc1. The molecule has 1 amide bonds. The Morgan fingerprint density at radius 3 is 2.61 bits per heavy atom. The molecule has 0 bridgehead atoms. The predicted octanol–water partition coefficient (Wildman–Crippen LogP) is 3.59. The van der Waals surface area contributed by atoms with Gasteiger partial charge in [0.1, 0.15) is 6.61 Å². The average Bonchev–Trinajstić information content (AvgIpc) is 2.59. The molecule has 1 N–H and O–H groups in total. The van der Waals surface area contributed by atoms with Crippen LogP contribution in [0.4, 0.5) is 4.79 Å². The minimum Gasteiger partial charge on any atom is -0.469 e. The van der Waals surface area contributed by atoms with Crippen LogP contribution in [0.25, 0.3) is 0 Å². The molecule has 126 valence electrons. The van der Waals surface area contributed by atoms with Crippen molar-refractivity contribution in [1.82, 2.24) is 5.32 Å². The summed E-state index contributed by atoms with van der Waals surface area (Å²) in [5.41, 5.74) is 0.974. The zero-order chi connectivity index (χ0) is 16.8. The monoisotopic (exact) mass is 319 g/mol. The molecule has 0 aromatic heterocycles. The van der Waals surface area contributed by atoms with Gasteiger partial charge in [-0.2, -0.15) is 0 Å². The predicted molar refractivity (Wildman–Crippen MR) is 88.9 cm³/mol. The van der Waals surface area contributed by atoms with Crippen LogP contribution in [0.5, 0.6) is 0 Å². The van der Waals surface area contributed by atoms with E-state index in [1.165, 1.54) is 7.11 Å². The highest BCUT2D eigenvalue weighted by Crippen LogP contribution is 2.02. The van der Waals surface area contributed by atoms with E-state index in [9.17, 15) is 9.59 Å². The molecular weight excluding hydrogens is 294 g/mol. The first-order chi connectivity index (χ1) is 11.2. The number of unbranched alkanes of at least 4 members (excludes halogenated alkanes) is 3. The van der Waals surface area contributed by atoms with Crippen LogP contribution in [0.1, 0.15) is 37.7 Å². The fourth-order valence-electron chi connectivity index (χ4n) is 1.91. The number of nitrogens with one attached hydrogen (secondary N) is 1. The van der Waals surface area contributed by atoms with E-state index in [0.29, 0.717) is 13.0 Å². The third kappa shape index (κ3) is 10.1. The molecule has 0 spiro atoms. The molecule has 0 aliphatic carbocycles. The molecule has 0 aliphatic rings. The second kappa shape index (κ2) is 12.3. The second-order valence-corrected chi connectivity index (χ2v) is 5.09. The molecule has 1 aromatic rings. The van der Waals surface area contributed by atoms with Crippen molar-refractivity contribution in [1.29, 1.82) is 0 Å². The largest absolute Gasteiger partial charge is 0.469 e.